The molecule has 3 rings (SSSR count). The van der Waals surface area contributed by atoms with Crippen LogP contribution in [0.4, 0.5) is 0 Å². The molecular formula is C18H26N2O3. The van der Waals surface area contributed by atoms with Gasteiger partial charge in [-0.2, -0.15) is 0 Å². The van der Waals surface area contributed by atoms with Crippen LogP contribution < -0.4 is 10.1 Å². The zero-order chi connectivity index (χ0) is 16.2. The molecule has 2 N–H and O–H groups in total. The summed E-state index contributed by atoms with van der Waals surface area (Å²) in [7, 11) is 0. The fourth-order valence-electron chi connectivity index (χ4n) is 3.65. The van der Waals surface area contributed by atoms with Crippen molar-refractivity contribution >= 4 is 5.91 Å². The van der Waals surface area contributed by atoms with Gasteiger partial charge in [0.2, 0.25) is 5.91 Å². The van der Waals surface area contributed by atoms with Gasteiger partial charge in [-0.1, -0.05) is 13.0 Å². The molecule has 2 atom stereocenters. The standard InChI is InChI=1S/C18H26N2O3/c1-2-5-23-17-4-3-13(6-15(17)12-21)9-20-10-14-7-18(22)19-8-16(14)11-20/h3-4,6,14,16,21H,2,5,7-12H2,1H3,(H,19,22)/t14-,16+/m1/s1. The van der Waals surface area contributed by atoms with Crippen LogP contribution in [0.2, 0.25) is 0 Å². The fraction of sp³-hybridized carbons (Fsp3) is 0.611. The quantitative estimate of drug-likeness (QED) is 0.835. The van der Waals surface area contributed by atoms with Crippen LogP contribution in [0.25, 0.3) is 0 Å². The summed E-state index contributed by atoms with van der Waals surface area (Å²) in [5, 5.41) is 12.5. The Bertz CT molecular complexity index is 561. The highest BCUT2D eigenvalue weighted by molar-refractivity contribution is 5.77. The van der Waals surface area contributed by atoms with E-state index in [1.165, 1.54) is 5.56 Å². The van der Waals surface area contributed by atoms with Crippen LogP contribution in [0.15, 0.2) is 18.2 Å². The molecule has 0 aromatic heterocycles. The highest BCUT2D eigenvalue weighted by Crippen LogP contribution is 2.30. The summed E-state index contributed by atoms with van der Waals surface area (Å²) in [5.41, 5.74) is 2.04. The van der Waals surface area contributed by atoms with Crippen molar-refractivity contribution < 1.29 is 14.6 Å². The number of carbonyl (C=O) groups excluding carboxylic acids is 1. The van der Waals surface area contributed by atoms with E-state index in [1.54, 1.807) is 0 Å². The highest BCUT2D eigenvalue weighted by atomic mass is 16.5. The second-order valence-corrected chi connectivity index (χ2v) is 6.67. The van der Waals surface area contributed by atoms with E-state index >= 15 is 0 Å². The van der Waals surface area contributed by atoms with Gasteiger partial charge in [-0.25, -0.2) is 0 Å². The highest BCUT2D eigenvalue weighted by Gasteiger charge is 2.36. The fourth-order valence-corrected chi connectivity index (χ4v) is 3.65. The molecule has 0 bridgehead atoms. The number of ether oxygens (including phenoxy) is 1. The van der Waals surface area contributed by atoms with E-state index in [1.807, 2.05) is 12.1 Å². The van der Waals surface area contributed by atoms with E-state index in [0.717, 1.165) is 43.9 Å². The van der Waals surface area contributed by atoms with Crippen LogP contribution in [0.3, 0.4) is 0 Å². The van der Waals surface area contributed by atoms with Gasteiger partial charge in [0.05, 0.1) is 13.2 Å². The number of fused-ring (bicyclic) bond motifs is 1. The SMILES string of the molecule is CCCOc1ccc(CN2C[C@H]3CC(=O)NC[C@H]3C2)cc1CO. The lowest BCUT2D eigenvalue weighted by Crippen LogP contribution is -2.39. The average Bonchev–Trinajstić information content (AvgIpc) is 2.94. The zero-order valence-corrected chi connectivity index (χ0v) is 13.8. The van der Waals surface area contributed by atoms with Crippen molar-refractivity contribution in [2.45, 2.75) is 32.9 Å². The minimum atomic E-state index is -0.00341. The van der Waals surface area contributed by atoms with Crippen LogP contribution in [-0.2, 0) is 17.9 Å². The molecule has 2 heterocycles. The van der Waals surface area contributed by atoms with E-state index in [4.69, 9.17) is 4.74 Å². The molecule has 0 radical (unpaired) electrons. The van der Waals surface area contributed by atoms with Gasteiger partial charge >= 0.3 is 0 Å². The van der Waals surface area contributed by atoms with Gasteiger partial charge in [-0.3, -0.25) is 9.69 Å². The topological polar surface area (TPSA) is 61.8 Å². The molecule has 126 valence electrons. The van der Waals surface area contributed by atoms with Gasteiger partial charge in [0, 0.05) is 38.2 Å². The molecular weight excluding hydrogens is 292 g/mol. The summed E-state index contributed by atoms with van der Waals surface area (Å²) in [5.74, 6) is 2.04. The van der Waals surface area contributed by atoms with Gasteiger partial charge in [-0.15, -0.1) is 0 Å². The third kappa shape index (κ3) is 3.85. The zero-order valence-electron chi connectivity index (χ0n) is 13.8. The normalized spacial score (nSPS) is 24.3. The van der Waals surface area contributed by atoms with Crippen molar-refractivity contribution in [3.8, 4) is 5.75 Å². The maximum atomic E-state index is 11.5. The molecule has 2 aliphatic heterocycles. The van der Waals surface area contributed by atoms with Gasteiger partial charge in [0.1, 0.15) is 5.75 Å². The smallest absolute Gasteiger partial charge is 0.220 e. The Labute approximate surface area is 137 Å². The maximum Gasteiger partial charge on any atom is 0.220 e. The van der Waals surface area contributed by atoms with Crippen molar-refractivity contribution in [3.05, 3.63) is 29.3 Å². The lowest BCUT2D eigenvalue weighted by molar-refractivity contribution is -0.124. The Kier molecular flexibility index (Phi) is 5.18. The summed E-state index contributed by atoms with van der Waals surface area (Å²) >= 11 is 0. The molecule has 0 saturated carbocycles. The molecule has 2 aliphatic rings. The third-order valence-corrected chi connectivity index (χ3v) is 4.82. The Morgan fingerprint density at radius 3 is 2.96 bits per heavy atom. The number of benzene rings is 1. The Morgan fingerprint density at radius 1 is 1.35 bits per heavy atom. The van der Waals surface area contributed by atoms with Crippen LogP contribution in [0.5, 0.6) is 5.75 Å². The molecule has 5 nitrogen and oxygen atoms in total. The number of nitrogens with zero attached hydrogens (tertiary/aromatic N) is 1. The number of aliphatic hydroxyl groups excluding tert-OH is 1. The van der Waals surface area contributed by atoms with Crippen molar-refractivity contribution in [2.75, 3.05) is 26.2 Å². The molecule has 1 amide bonds. The van der Waals surface area contributed by atoms with Gasteiger partial charge in [-0.05, 0) is 36.0 Å². The second-order valence-electron chi connectivity index (χ2n) is 6.67. The first kappa shape index (κ1) is 16.3. The maximum absolute atomic E-state index is 11.5. The summed E-state index contributed by atoms with van der Waals surface area (Å²) < 4.78 is 5.67. The minimum absolute atomic E-state index is 0.00341. The van der Waals surface area contributed by atoms with E-state index in [2.05, 4.69) is 23.2 Å². The monoisotopic (exact) mass is 318 g/mol. The molecule has 1 aromatic carbocycles. The first-order valence-electron chi connectivity index (χ1n) is 8.54. The predicted octanol–water partition coefficient (Wildman–Crippen LogP) is 1.54. The molecule has 0 unspecified atom stereocenters. The second kappa shape index (κ2) is 7.32. The summed E-state index contributed by atoms with van der Waals surface area (Å²) in [6.07, 6.45) is 1.61. The summed E-state index contributed by atoms with van der Waals surface area (Å²) in [6, 6.07) is 6.08. The van der Waals surface area contributed by atoms with E-state index < -0.39 is 0 Å². The Morgan fingerprint density at radius 2 is 2.17 bits per heavy atom. The van der Waals surface area contributed by atoms with Crippen molar-refractivity contribution in [3.63, 3.8) is 0 Å². The van der Waals surface area contributed by atoms with Crippen LogP contribution in [0.1, 0.15) is 30.9 Å². The number of aliphatic hydroxyl groups is 1. The van der Waals surface area contributed by atoms with Crippen molar-refractivity contribution in [1.29, 1.82) is 0 Å². The molecule has 0 spiro atoms. The number of rotatable bonds is 6. The molecule has 0 aliphatic carbocycles. The number of hydrogen-bond acceptors (Lipinski definition) is 4. The van der Waals surface area contributed by atoms with E-state index in [0.29, 0.717) is 24.9 Å². The lowest BCUT2D eigenvalue weighted by atomic mass is 9.89. The number of nitrogens with one attached hydrogen (secondary N) is 1. The molecule has 23 heavy (non-hydrogen) atoms. The largest absolute Gasteiger partial charge is 0.493 e. The number of amides is 1. The van der Waals surface area contributed by atoms with Gasteiger partial charge in [0.15, 0.2) is 0 Å². The lowest BCUT2D eigenvalue weighted by Gasteiger charge is -2.23. The first-order valence-corrected chi connectivity index (χ1v) is 8.54. The van der Waals surface area contributed by atoms with Crippen molar-refractivity contribution in [1.82, 2.24) is 10.2 Å². The van der Waals surface area contributed by atoms with Crippen LogP contribution >= 0.6 is 0 Å². The molecule has 1 aromatic rings. The number of carbonyl (C=O) groups is 1. The minimum Gasteiger partial charge on any atom is -0.493 e. The van der Waals surface area contributed by atoms with Crippen LogP contribution in [-0.4, -0.2) is 42.2 Å². The van der Waals surface area contributed by atoms with Crippen molar-refractivity contribution in [2.24, 2.45) is 11.8 Å². The Balaban J connectivity index is 1.63. The number of likely N-dealkylation sites (tertiary alicyclic amines) is 1. The number of hydrogen-bond donors (Lipinski definition) is 2. The Hall–Kier alpha value is -1.59. The van der Waals surface area contributed by atoms with E-state index in [9.17, 15) is 9.90 Å². The molecule has 2 fully saturated rings. The average molecular weight is 318 g/mol. The third-order valence-electron chi connectivity index (χ3n) is 4.82. The van der Waals surface area contributed by atoms with E-state index in [-0.39, 0.29) is 12.5 Å². The van der Waals surface area contributed by atoms with Gasteiger partial charge in [0.25, 0.3) is 0 Å². The summed E-state index contributed by atoms with van der Waals surface area (Å²) in [4.78, 5) is 13.9. The number of piperidine rings is 1. The molecule has 5 heteroatoms. The first-order chi connectivity index (χ1) is 11.2. The van der Waals surface area contributed by atoms with Gasteiger partial charge < -0.3 is 15.2 Å². The predicted molar refractivity (Wildman–Crippen MR) is 88.0 cm³/mol. The van der Waals surface area contributed by atoms with Crippen LogP contribution in [0, 0.1) is 11.8 Å². The summed E-state index contributed by atoms with van der Waals surface area (Å²) in [6.45, 7) is 6.43. The molecule has 2 saturated heterocycles.